The molecule has 0 N–H and O–H groups in total. The molecule has 1 atom stereocenters. The Morgan fingerprint density at radius 3 is 2.60 bits per heavy atom. The van der Waals surface area contributed by atoms with Gasteiger partial charge in [0.25, 0.3) is 0 Å². The third kappa shape index (κ3) is 5.52. The molecule has 1 amide bonds. The first-order chi connectivity index (χ1) is 12.2. The average Bonchev–Trinajstić information content (AvgIpc) is 2.89. The molecule has 2 aromatic rings. The van der Waals surface area contributed by atoms with Crippen LogP contribution < -0.4 is 0 Å². The number of halogens is 1. The number of hydrogen-bond acceptors (Lipinski definition) is 2. The van der Waals surface area contributed by atoms with Crippen LogP contribution >= 0.6 is 23.4 Å². The maximum absolute atomic E-state index is 12.7. The lowest BCUT2D eigenvalue weighted by atomic mass is 9.94. The van der Waals surface area contributed by atoms with Gasteiger partial charge in [-0.05, 0) is 42.7 Å². The molecule has 1 heterocycles. The minimum absolute atomic E-state index is 0.282. The highest BCUT2D eigenvalue weighted by Crippen LogP contribution is 2.28. The van der Waals surface area contributed by atoms with Crippen molar-refractivity contribution in [2.45, 2.75) is 36.5 Å². The Morgan fingerprint density at radius 2 is 1.84 bits per heavy atom. The van der Waals surface area contributed by atoms with Gasteiger partial charge < -0.3 is 4.90 Å². The van der Waals surface area contributed by atoms with Crippen molar-refractivity contribution in [2.75, 3.05) is 18.8 Å². The van der Waals surface area contributed by atoms with Gasteiger partial charge in [0.05, 0.1) is 0 Å². The van der Waals surface area contributed by atoms with Crippen molar-refractivity contribution in [1.82, 2.24) is 4.90 Å². The van der Waals surface area contributed by atoms with Gasteiger partial charge in [-0.15, -0.1) is 11.8 Å². The van der Waals surface area contributed by atoms with Crippen molar-refractivity contribution in [3.8, 4) is 0 Å². The normalized spacial score (nSPS) is 18.0. The first kappa shape index (κ1) is 18.3. The summed E-state index contributed by atoms with van der Waals surface area (Å²) in [5.74, 6) is 1.54. The van der Waals surface area contributed by atoms with Gasteiger partial charge in [0.2, 0.25) is 5.91 Å². The van der Waals surface area contributed by atoms with E-state index in [-0.39, 0.29) is 5.91 Å². The summed E-state index contributed by atoms with van der Waals surface area (Å²) in [5, 5.41) is 0.767. The molecule has 0 radical (unpaired) electrons. The molecule has 0 spiro atoms. The number of likely N-dealkylation sites (tertiary alicyclic amines) is 1. The molecule has 25 heavy (non-hydrogen) atoms. The molecular formula is C21H24ClNOS. The molecule has 0 bridgehead atoms. The number of carbonyl (C=O) groups is 1. The molecule has 1 fully saturated rings. The summed E-state index contributed by atoms with van der Waals surface area (Å²) in [4.78, 5) is 16.0. The van der Waals surface area contributed by atoms with Gasteiger partial charge in [0, 0.05) is 41.1 Å². The molecular weight excluding hydrogens is 350 g/mol. The Morgan fingerprint density at radius 1 is 1.08 bits per heavy atom. The van der Waals surface area contributed by atoms with Crippen molar-refractivity contribution in [1.29, 1.82) is 0 Å². The number of thioether (sulfide) groups is 1. The van der Waals surface area contributed by atoms with Crippen LogP contribution in [-0.2, 0) is 4.79 Å². The fourth-order valence-electron chi connectivity index (χ4n) is 3.31. The lowest BCUT2D eigenvalue weighted by Crippen LogP contribution is -2.34. The number of rotatable bonds is 5. The van der Waals surface area contributed by atoms with Crippen LogP contribution in [0.15, 0.2) is 59.5 Å². The average molecular weight is 374 g/mol. The third-order valence-corrected chi connectivity index (χ3v) is 5.96. The summed E-state index contributed by atoms with van der Waals surface area (Å²) in [5.41, 5.74) is 1.29. The lowest BCUT2D eigenvalue weighted by Gasteiger charge is -2.25. The van der Waals surface area contributed by atoms with Crippen LogP contribution in [0, 0.1) is 0 Å². The summed E-state index contributed by atoms with van der Waals surface area (Å²) in [7, 11) is 0. The van der Waals surface area contributed by atoms with E-state index in [4.69, 9.17) is 11.6 Å². The Kier molecular flexibility index (Phi) is 6.83. The fourth-order valence-corrected chi connectivity index (χ4v) is 4.29. The number of benzene rings is 2. The molecule has 2 aromatic carbocycles. The molecule has 132 valence electrons. The Labute approximate surface area is 159 Å². The van der Waals surface area contributed by atoms with Crippen molar-refractivity contribution >= 4 is 29.3 Å². The zero-order valence-corrected chi connectivity index (χ0v) is 15.9. The first-order valence-corrected chi connectivity index (χ1v) is 10.3. The topological polar surface area (TPSA) is 20.3 Å². The van der Waals surface area contributed by atoms with Crippen molar-refractivity contribution in [3.63, 3.8) is 0 Å². The highest BCUT2D eigenvalue weighted by Gasteiger charge is 2.22. The summed E-state index contributed by atoms with van der Waals surface area (Å²) in [6.07, 6.45) is 4.02. The van der Waals surface area contributed by atoms with E-state index in [1.807, 2.05) is 30.3 Å². The van der Waals surface area contributed by atoms with Crippen molar-refractivity contribution in [2.24, 2.45) is 0 Å². The zero-order valence-electron chi connectivity index (χ0n) is 14.4. The van der Waals surface area contributed by atoms with Gasteiger partial charge in [-0.3, -0.25) is 4.79 Å². The molecule has 0 aromatic heterocycles. The van der Waals surface area contributed by atoms with Gasteiger partial charge in [-0.25, -0.2) is 0 Å². The second-order valence-electron chi connectivity index (χ2n) is 6.50. The van der Waals surface area contributed by atoms with Crippen LogP contribution in [-0.4, -0.2) is 29.6 Å². The maximum Gasteiger partial charge on any atom is 0.223 e. The maximum atomic E-state index is 12.7. The van der Waals surface area contributed by atoms with Crippen molar-refractivity contribution in [3.05, 3.63) is 65.2 Å². The van der Waals surface area contributed by atoms with Gasteiger partial charge in [-0.2, -0.15) is 0 Å². The minimum atomic E-state index is 0.282. The lowest BCUT2D eigenvalue weighted by molar-refractivity contribution is -0.130. The molecule has 2 nitrogen and oxygen atoms in total. The second kappa shape index (κ2) is 9.30. The molecule has 0 aliphatic carbocycles. The number of carbonyl (C=O) groups excluding carboxylic acids is 1. The monoisotopic (exact) mass is 373 g/mol. The highest BCUT2D eigenvalue weighted by molar-refractivity contribution is 7.99. The van der Waals surface area contributed by atoms with E-state index in [9.17, 15) is 4.79 Å². The molecule has 1 saturated heterocycles. The van der Waals surface area contributed by atoms with E-state index < -0.39 is 0 Å². The molecule has 1 aliphatic heterocycles. The van der Waals surface area contributed by atoms with Crippen LogP contribution in [0.4, 0.5) is 0 Å². The highest BCUT2D eigenvalue weighted by atomic mass is 35.5. The molecule has 1 unspecified atom stereocenters. The van der Waals surface area contributed by atoms with Gasteiger partial charge >= 0.3 is 0 Å². The van der Waals surface area contributed by atoms with Crippen LogP contribution in [0.5, 0.6) is 0 Å². The summed E-state index contributed by atoms with van der Waals surface area (Å²) in [6, 6.07) is 18.4. The number of nitrogens with zero attached hydrogens (tertiary/aromatic N) is 1. The van der Waals surface area contributed by atoms with E-state index in [1.165, 1.54) is 16.9 Å². The third-order valence-electron chi connectivity index (χ3n) is 4.69. The Balaban J connectivity index is 1.54. The summed E-state index contributed by atoms with van der Waals surface area (Å²) < 4.78 is 0. The zero-order chi connectivity index (χ0) is 17.5. The predicted octanol–water partition coefficient (Wildman–Crippen LogP) is 5.62. The van der Waals surface area contributed by atoms with Gasteiger partial charge in [-0.1, -0.05) is 48.4 Å². The number of hydrogen-bond donors (Lipinski definition) is 0. The predicted molar refractivity (Wildman–Crippen MR) is 106 cm³/mol. The van der Waals surface area contributed by atoms with E-state index in [0.717, 1.165) is 36.7 Å². The summed E-state index contributed by atoms with van der Waals surface area (Å²) in [6.45, 7) is 1.72. The standard InChI is InChI=1S/C21H24ClNOS/c22-19-11-9-17(10-12-19)18-6-4-5-14-23(16-18)21(24)13-15-25-20-7-2-1-3-8-20/h1-3,7-12,18H,4-6,13-16H2. The van der Waals surface area contributed by atoms with E-state index in [1.54, 1.807) is 11.8 Å². The largest absolute Gasteiger partial charge is 0.342 e. The molecule has 0 saturated carbocycles. The first-order valence-electron chi connectivity index (χ1n) is 8.93. The fraction of sp³-hybridized carbons (Fsp3) is 0.381. The van der Waals surface area contributed by atoms with E-state index in [2.05, 4.69) is 29.2 Å². The Hall–Kier alpha value is -1.45. The van der Waals surface area contributed by atoms with Gasteiger partial charge in [0.15, 0.2) is 0 Å². The van der Waals surface area contributed by atoms with Gasteiger partial charge in [0.1, 0.15) is 0 Å². The van der Waals surface area contributed by atoms with Crippen LogP contribution in [0.1, 0.15) is 37.2 Å². The quantitative estimate of drug-likeness (QED) is 0.634. The summed E-state index contributed by atoms with van der Waals surface area (Å²) >= 11 is 7.76. The van der Waals surface area contributed by atoms with Crippen LogP contribution in [0.3, 0.4) is 0 Å². The van der Waals surface area contributed by atoms with Crippen LogP contribution in [0.25, 0.3) is 0 Å². The molecule has 3 rings (SSSR count). The van der Waals surface area contributed by atoms with E-state index >= 15 is 0 Å². The molecule has 1 aliphatic rings. The minimum Gasteiger partial charge on any atom is -0.342 e. The molecule has 4 heteroatoms. The van der Waals surface area contributed by atoms with Crippen molar-refractivity contribution < 1.29 is 4.79 Å². The SMILES string of the molecule is O=C(CCSc1ccccc1)N1CCCCC(c2ccc(Cl)cc2)C1. The number of amides is 1. The second-order valence-corrected chi connectivity index (χ2v) is 8.10. The van der Waals surface area contributed by atoms with Crippen LogP contribution in [0.2, 0.25) is 5.02 Å². The smallest absolute Gasteiger partial charge is 0.223 e. The Bertz CT molecular complexity index is 674. The van der Waals surface area contributed by atoms with E-state index in [0.29, 0.717) is 12.3 Å².